The van der Waals surface area contributed by atoms with Crippen molar-refractivity contribution in [1.82, 2.24) is 0 Å². The molecule has 2 aromatic carbocycles. The minimum absolute atomic E-state index is 0.140. The Hall–Kier alpha value is -2.87. The van der Waals surface area contributed by atoms with Crippen LogP contribution in [-0.2, 0) is 19.6 Å². The lowest BCUT2D eigenvalue weighted by atomic mass is 10.1. The quantitative estimate of drug-likeness (QED) is 0.611. The maximum absolute atomic E-state index is 12.4. The van der Waals surface area contributed by atoms with Gasteiger partial charge in [0.2, 0.25) is 15.9 Å². The van der Waals surface area contributed by atoms with Crippen molar-refractivity contribution in [2.24, 2.45) is 0 Å². The van der Waals surface area contributed by atoms with Crippen molar-refractivity contribution in [3.05, 3.63) is 59.2 Å². The van der Waals surface area contributed by atoms with Gasteiger partial charge < -0.3 is 10.1 Å². The first-order valence-electron chi connectivity index (χ1n) is 9.74. The number of anilines is 2. The molecule has 0 aliphatic rings. The van der Waals surface area contributed by atoms with Gasteiger partial charge >= 0.3 is 5.97 Å². The SMILES string of the molecule is CCOC(=O)c1cccc(NC(=O)CCCN(c2ccc(C)cc2)S(C)(=O)=O)c1C. The molecule has 1 amide bonds. The van der Waals surface area contributed by atoms with Gasteiger partial charge in [0.25, 0.3) is 0 Å². The van der Waals surface area contributed by atoms with Crippen molar-refractivity contribution in [3.63, 3.8) is 0 Å². The summed E-state index contributed by atoms with van der Waals surface area (Å²) in [7, 11) is -3.46. The third-order valence-electron chi connectivity index (χ3n) is 4.59. The van der Waals surface area contributed by atoms with Crippen molar-refractivity contribution in [3.8, 4) is 0 Å². The molecule has 2 rings (SSSR count). The number of sulfonamides is 1. The molecular weight excluding hydrogens is 404 g/mol. The zero-order valence-electron chi connectivity index (χ0n) is 17.8. The van der Waals surface area contributed by atoms with E-state index in [0.29, 0.717) is 28.9 Å². The van der Waals surface area contributed by atoms with Gasteiger partial charge in [0.1, 0.15) is 0 Å². The zero-order valence-corrected chi connectivity index (χ0v) is 18.6. The highest BCUT2D eigenvalue weighted by Crippen LogP contribution is 2.21. The monoisotopic (exact) mass is 432 g/mol. The van der Waals surface area contributed by atoms with E-state index in [4.69, 9.17) is 4.74 Å². The largest absolute Gasteiger partial charge is 0.462 e. The second kappa shape index (κ2) is 10.2. The summed E-state index contributed by atoms with van der Waals surface area (Å²) in [4.78, 5) is 24.4. The van der Waals surface area contributed by atoms with Crippen molar-refractivity contribution >= 4 is 33.3 Å². The molecule has 2 aromatic rings. The predicted octanol–water partition coefficient (Wildman–Crippen LogP) is 3.67. The van der Waals surface area contributed by atoms with E-state index in [0.717, 1.165) is 11.8 Å². The summed E-state index contributed by atoms with van der Waals surface area (Å²) < 4.78 is 30.7. The molecular formula is C22H28N2O5S. The number of hydrogen-bond acceptors (Lipinski definition) is 5. The molecule has 0 bridgehead atoms. The molecule has 0 spiro atoms. The van der Waals surface area contributed by atoms with Crippen molar-refractivity contribution in [1.29, 1.82) is 0 Å². The molecule has 0 fully saturated rings. The number of nitrogens with one attached hydrogen (secondary N) is 1. The van der Waals surface area contributed by atoms with Crippen LogP contribution in [0.2, 0.25) is 0 Å². The van der Waals surface area contributed by atoms with Crippen LogP contribution in [0.15, 0.2) is 42.5 Å². The molecule has 30 heavy (non-hydrogen) atoms. The summed E-state index contributed by atoms with van der Waals surface area (Å²) in [6.45, 7) is 5.86. The summed E-state index contributed by atoms with van der Waals surface area (Å²) in [6, 6.07) is 12.2. The molecule has 0 aliphatic heterocycles. The molecule has 0 saturated heterocycles. The van der Waals surface area contributed by atoms with E-state index in [1.54, 1.807) is 44.2 Å². The average Bonchev–Trinajstić information content (AvgIpc) is 2.67. The number of aryl methyl sites for hydroxylation is 1. The number of esters is 1. The van der Waals surface area contributed by atoms with Crippen LogP contribution in [0.5, 0.6) is 0 Å². The maximum atomic E-state index is 12.4. The molecule has 0 aliphatic carbocycles. The topological polar surface area (TPSA) is 92.8 Å². The molecule has 0 radical (unpaired) electrons. The molecule has 0 aromatic heterocycles. The molecule has 1 N–H and O–H groups in total. The van der Waals surface area contributed by atoms with Gasteiger partial charge in [-0.15, -0.1) is 0 Å². The second-order valence-corrected chi connectivity index (χ2v) is 8.93. The van der Waals surface area contributed by atoms with Crippen molar-refractivity contribution in [2.45, 2.75) is 33.6 Å². The Bertz CT molecular complexity index is 1000. The Morgan fingerprint density at radius 3 is 2.33 bits per heavy atom. The molecule has 0 unspecified atom stereocenters. The predicted molar refractivity (Wildman–Crippen MR) is 118 cm³/mol. The third-order valence-corrected chi connectivity index (χ3v) is 5.78. The number of rotatable bonds is 9. The Morgan fingerprint density at radius 2 is 1.73 bits per heavy atom. The number of carbonyl (C=O) groups is 2. The minimum atomic E-state index is -3.46. The van der Waals surface area contributed by atoms with Gasteiger partial charge in [0, 0.05) is 18.7 Å². The lowest BCUT2D eigenvalue weighted by Gasteiger charge is -2.22. The molecule has 0 heterocycles. The highest BCUT2D eigenvalue weighted by molar-refractivity contribution is 7.92. The molecule has 0 atom stereocenters. The minimum Gasteiger partial charge on any atom is -0.462 e. The zero-order chi connectivity index (χ0) is 22.3. The van der Waals surface area contributed by atoms with Crippen LogP contribution in [-0.4, -0.2) is 39.7 Å². The first-order valence-corrected chi connectivity index (χ1v) is 11.6. The van der Waals surface area contributed by atoms with Crippen LogP contribution in [0, 0.1) is 13.8 Å². The number of amides is 1. The fourth-order valence-corrected chi connectivity index (χ4v) is 3.96. The maximum Gasteiger partial charge on any atom is 0.338 e. The van der Waals surface area contributed by atoms with Crippen LogP contribution >= 0.6 is 0 Å². The number of ether oxygens (including phenoxy) is 1. The number of carbonyl (C=O) groups excluding carboxylic acids is 2. The first kappa shape index (κ1) is 23.4. The smallest absolute Gasteiger partial charge is 0.338 e. The van der Waals surface area contributed by atoms with Crippen LogP contribution < -0.4 is 9.62 Å². The van der Waals surface area contributed by atoms with E-state index in [1.807, 2.05) is 19.1 Å². The van der Waals surface area contributed by atoms with Crippen LogP contribution in [0.4, 0.5) is 11.4 Å². The van der Waals surface area contributed by atoms with Crippen molar-refractivity contribution in [2.75, 3.05) is 29.0 Å². The average molecular weight is 433 g/mol. The Balaban J connectivity index is 2.01. The highest BCUT2D eigenvalue weighted by Gasteiger charge is 2.18. The fourth-order valence-electron chi connectivity index (χ4n) is 2.99. The number of nitrogens with zero attached hydrogens (tertiary/aromatic N) is 1. The normalized spacial score (nSPS) is 11.1. The second-order valence-electron chi connectivity index (χ2n) is 7.02. The number of benzene rings is 2. The van der Waals surface area contributed by atoms with E-state index in [1.165, 1.54) is 4.31 Å². The van der Waals surface area contributed by atoms with Gasteiger partial charge in [-0.05, 0) is 57.0 Å². The molecule has 162 valence electrons. The lowest BCUT2D eigenvalue weighted by Crippen LogP contribution is -2.31. The summed E-state index contributed by atoms with van der Waals surface area (Å²) >= 11 is 0. The van der Waals surface area contributed by atoms with E-state index < -0.39 is 16.0 Å². The Kier molecular flexibility index (Phi) is 8.00. The van der Waals surface area contributed by atoms with Gasteiger partial charge in [-0.3, -0.25) is 9.10 Å². The first-order chi connectivity index (χ1) is 14.1. The molecule has 8 heteroatoms. The van der Waals surface area contributed by atoms with Crippen LogP contribution in [0.1, 0.15) is 41.3 Å². The third kappa shape index (κ3) is 6.32. The summed E-state index contributed by atoms with van der Waals surface area (Å²) in [5.41, 5.74) is 3.16. The van der Waals surface area contributed by atoms with E-state index in [-0.39, 0.29) is 25.5 Å². The van der Waals surface area contributed by atoms with Crippen LogP contribution in [0.3, 0.4) is 0 Å². The molecule has 0 saturated carbocycles. The van der Waals surface area contributed by atoms with Gasteiger partial charge in [-0.1, -0.05) is 23.8 Å². The van der Waals surface area contributed by atoms with E-state index in [2.05, 4.69) is 5.32 Å². The fraction of sp³-hybridized carbons (Fsp3) is 0.364. The van der Waals surface area contributed by atoms with E-state index in [9.17, 15) is 18.0 Å². The van der Waals surface area contributed by atoms with E-state index >= 15 is 0 Å². The summed E-state index contributed by atoms with van der Waals surface area (Å²) in [5.74, 6) is -0.690. The number of hydrogen-bond donors (Lipinski definition) is 1. The van der Waals surface area contributed by atoms with Gasteiger partial charge in [-0.2, -0.15) is 0 Å². The Labute approximate surface area is 178 Å². The van der Waals surface area contributed by atoms with Gasteiger partial charge in [-0.25, -0.2) is 13.2 Å². The highest BCUT2D eigenvalue weighted by atomic mass is 32.2. The summed E-state index contributed by atoms with van der Waals surface area (Å²) in [5, 5.41) is 2.79. The summed E-state index contributed by atoms with van der Waals surface area (Å²) in [6.07, 6.45) is 1.64. The van der Waals surface area contributed by atoms with Gasteiger partial charge in [0.05, 0.1) is 24.1 Å². The van der Waals surface area contributed by atoms with Crippen molar-refractivity contribution < 1.29 is 22.7 Å². The van der Waals surface area contributed by atoms with Gasteiger partial charge in [0.15, 0.2) is 0 Å². The Morgan fingerprint density at radius 1 is 1.07 bits per heavy atom. The standard InChI is InChI=1S/C22H28N2O5S/c1-5-29-22(26)19-8-6-9-20(17(19)3)23-21(25)10-7-15-24(30(4,27)28)18-13-11-16(2)12-14-18/h6,8-9,11-14H,5,7,10,15H2,1-4H3,(H,23,25). The molecule has 7 nitrogen and oxygen atoms in total. The lowest BCUT2D eigenvalue weighted by molar-refractivity contribution is -0.116. The van der Waals surface area contributed by atoms with Crippen LogP contribution in [0.25, 0.3) is 0 Å².